The summed E-state index contributed by atoms with van der Waals surface area (Å²) in [6.45, 7) is 2.88. The molecule has 1 aliphatic rings. The number of nitrogens with zero attached hydrogens (tertiary/aromatic N) is 2. The summed E-state index contributed by atoms with van der Waals surface area (Å²) in [6, 6.07) is 14.4. The molecule has 1 aromatic heterocycles. The molecule has 4 aromatic rings. The summed E-state index contributed by atoms with van der Waals surface area (Å²) in [5.41, 5.74) is 2.37. The SMILES string of the molecule is O=C(Nc1cc2ncc(CN3CCCC3)cc2cc1F)c1ccc(-c2ccc(F)cc2)cc1F. The van der Waals surface area contributed by atoms with Crippen molar-refractivity contribution in [2.75, 3.05) is 18.4 Å². The number of nitrogens with one attached hydrogen (secondary N) is 1. The van der Waals surface area contributed by atoms with Crippen LogP contribution in [-0.4, -0.2) is 28.9 Å². The van der Waals surface area contributed by atoms with Gasteiger partial charge in [-0.15, -0.1) is 0 Å². The van der Waals surface area contributed by atoms with Gasteiger partial charge in [-0.05, 0) is 85.1 Å². The van der Waals surface area contributed by atoms with Gasteiger partial charge in [0, 0.05) is 18.1 Å². The molecule has 1 aliphatic heterocycles. The molecule has 0 atom stereocenters. The summed E-state index contributed by atoms with van der Waals surface area (Å²) in [5.74, 6) is -2.54. The maximum Gasteiger partial charge on any atom is 0.258 e. The predicted molar refractivity (Wildman–Crippen MR) is 126 cm³/mol. The normalized spacial score (nSPS) is 14.0. The molecule has 4 nitrogen and oxygen atoms in total. The molecular weight excluding hydrogens is 439 g/mol. The number of pyridine rings is 1. The largest absolute Gasteiger partial charge is 0.319 e. The summed E-state index contributed by atoms with van der Waals surface area (Å²) >= 11 is 0. The van der Waals surface area contributed by atoms with Gasteiger partial charge in [0.15, 0.2) is 0 Å². The van der Waals surface area contributed by atoms with Crippen molar-refractivity contribution in [3.8, 4) is 11.1 Å². The molecule has 0 unspecified atom stereocenters. The zero-order valence-electron chi connectivity index (χ0n) is 18.3. The highest BCUT2D eigenvalue weighted by Gasteiger charge is 2.17. The van der Waals surface area contributed by atoms with Gasteiger partial charge < -0.3 is 5.32 Å². The van der Waals surface area contributed by atoms with Crippen LogP contribution < -0.4 is 5.32 Å². The molecule has 172 valence electrons. The number of fused-ring (bicyclic) bond motifs is 1. The first-order valence-electron chi connectivity index (χ1n) is 11.1. The molecule has 7 heteroatoms. The second-order valence-electron chi connectivity index (χ2n) is 8.51. The van der Waals surface area contributed by atoms with Gasteiger partial charge in [0.25, 0.3) is 5.91 Å². The lowest BCUT2D eigenvalue weighted by Gasteiger charge is -2.15. The first-order chi connectivity index (χ1) is 16.5. The first kappa shape index (κ1) is 22.1. The van der Waals surface area contributed by atoms with Crippen molar-refractivity contribution in [1.82, 2.24) is 9.88 Å². The number of amides is 1. The van der Waals surface area contributed by atoms with Crippen LogP contribution in [0, 0.1) is 17.5 Å². The lowest BCUT2D eigenvalue weighted by Crippen LogP contribution is -2.18. The summed E-state index contributed by atoms with van der Waals surface area (Å²) in [7, 11) is 0. The molecule has 1 fully saturated rings. The van der Waals surface area contributed by atoms with Crippen LogP contribution in [0.2, 0.25) is 0 Å². The number of aromatic nitrogens is 1. The smallest absolute Gasteiger partial charge is 0.258 e. The summed E-state index contributed by atoms with van der Waals surface area (Å²) in [6.07, 6.45) is 4.14. The molecule has 5 rings (SSSR count). The zero-order valence-corrected chi connectivity index (χ0v) is 18.3. The Kier molecular flexibility index (Phi) is 6.02. The van der Waals surface area contributed by atoms with E-state index in [4.69, 9.17) is 0 Å². The molecule has 2 heterocycles. The van der Waals surface area contributed by atoms with Gasteiger partial charge in [0.1, 0.15) is 17.5 Å². The minimum Gasteiger partial charge on any atom is -0.319 e. The molecule has 1 saturated heterocycles. The lowest BCUT2D eigenvalue weighted by molar-refractivity contribution is 0.102. The van der Waals surface area contributed by atoms with E-state index in [0.29, 0.717) is 22.0 Å². The third kappa shape index (κ3) is 4.65. The summed E-state index contributed by atoms with van der Waals surface area (Å²) < 4.78 is 42.6. The lowest BCUT2D eigenvalue weighted by atomic mass is 10.0. The van der Waals surface area contributed by atoms with Crippen LogP contribution in [0.15, 0.2) is 66.9 Å². The fourth-order valence-corrected chi connectivity index (χ4v) is 4.29. The number of carbonyl (C=O) groups excluding carboxylic acids is 1. The van der Waals surface area contributed by atoms with Crippen LogP contribution in [0.4, 0.5) is 18.9 Å². The van der Waals surface area contributed by atoms with Crippen molar-refractivity contribution in [1.29, 1.82) is 0 Å². The molecule has 3 aromatic carbocycles. The van der Waals surface area contributed by atoms with Gasteiger partial charge in [-0.25, -0.2) is 13.2 Å². The topological polar surface area (TPSA) is 45.2 Å². The number of hydrogen-bond donors (Lipinski definition) is 1. The maximum absolute atomic E-state index is 14.8. The highest BCUT2D eigenvalue weighted by atomic mass is 19.1. The summed E-state index contributed by atoms with van der Waals surface area (Å²) in [4.78, 5) is 19.4. The van der Waals surface area contributed by atoms with Gasteiger partial charge >= 0.3 is 0 Å². The number of anilines is 1. The van der Waals surface area contributed by atoms with Crippen LogP contribution in [0.5, 0.6) is 0 Å². The molecule has 0 spiro atoms. The third-order valence-corrected chi connectivity index (χ3v) is 6.07. The van der Waals surface area contributed by atoms with Crippen molar-refractivity contribution in [2.45, 2.75) is 19.4 Å². The molecule has 0 bridgehead atoms. The van der Waals surface area contributed by atoms with Gasteiger partial charge in [-0.2, -0.15) is 0 Å². The van der Waals surface area contributed by atoms with Crippen molar-refractivity contribution in [3.05, 3.63) is 95.4 Å². The standard InChI is InChI=1S/C27H22F3N3O/c28-21-6-3-18(4-7-21)19-5-8-22(23(29)12-19)27(34)32-26-14-25-20(13-24(26)30)11-17(15-31-25)16-33-9-1-2-10-33/h3-8,11-15H,1-2,9-10,16H2,(H,32,34). The van der Waals surface area contributed by atoms with Crippen LogP contribution in [0.25, 0.3) is 22.0 Å². The van der Waals surface area contributed by atoms with E-state index >= 15 is 0 Å². The number of rotatable bonds is 5. The number of benzene rings is 3. The number of likely N-dealkylation sites (tertiary alicyclic amines) is 1. The average molecular weight is 461 g/mol. The van der Waals surface area contributed by atoms with Crippen molar-refractivity contribution in [2.24, 2.45) is 0 Å². The maximum atomic E-state index is 14.8. The van der Waals surface area contributed by atoms with Crippen LogP contribution in [-0.2, 0) is 6.54 Å². The van der Waals surface area contributed by atoms with E-state index in [-0.39, 0.29) is 11.3 Å². The fourth-order valence-electron chi connectivity index (χ4n) is 4.29. The van der Waals surface area contributed by atoms with E-state index in [0.717, 1.165) is 25.2 Å². The second-order valence-corrected chi connectivity index (χ2v) is 8.51. The average Bonchev–Trinajstić information content (AvgIpc) is 3.33. The second kappa shape index (κ2) is 9.27. The highest BCUT2D eigenvalue weighted by Crippen LogP contribution is 2.26. The van der Waals surface area contributed by atoms with Crippen LogP contribution >= 0.6 is 0 Å². The Bertz CT molecular complexity index is 1370. The Labute approximate surface area is 195 Å². The molecule has 34 heavy (non-hydrogen) atoms. The predicted octanol–water partition coefficient (Wildman–Crippen LogP) is 6.17. The van der Waals surface area contributed by atoms with E-state index < -0.39 is 23.4 Å². The van der Waals surface area contributed by atoms with Gasteiger partial charge in [0.05, 0.1) is 16.8 Å². The van der Waals surface area contributed by atoms with Crippen LogP contribution in [0.3, 0.4) is 0 Å². The molecular formula is C27H22F3N3O. The van der Waals surface area contributed by atoms with E-state index in [9.17, 15) is 18.0 Å². The Morgan fingerprint density at radius 3 is 2.35 bits per heavy atom. The van der Waals surface area contributed by atoms with E-state index in [1.54, 1.807) is 12.3 Å². The zero-order chi connectivity index (χ0) is 23.7. The Morgan fingerprint density at radius 1 is 0.882 bits per heavy atom. The highest BCUT2D eigenvalue weighted by molar-refractivity contribution is 6.05. The number of halogens is 3. The summed E-state index contributed by atoms with van der Waals surface area (Å²) in [5, 5.41) is 3.09. The Morgan fingerprint density at radius 2 is 1.62 bits per heavy atom. The van der Waals surface area contributed by atoms with Crippen molar-refractivity contribution < 1.29 is 18.0 Å². The van der Waals surface area contributed by atoms with Gasteiger partial charge in [-0.1, -0.05) is 18.2 Å². The third-order valence-electron chi connectivity index (χ3n) is 6.07. The quantitative estimate of drug-likeness (QED) is 0.387. The first-order valence-corrected chi connectivity index (χ1v) is 11.1. The fraction of sp³-hybridized carbons (Fsp3) is 0.185. The molecule has 1 amide bonds. The van der Waals surface area contributed by atoms with E-state index in [1.165, 1.54) is 61.4 Å². The monoisotopic (exact) mass is 461 g/mol. The number of carbonyl (C=O) groups is 1. The minimum absolute atomic E-state index is 0.0701. The van der Waals surface area contributed by atoms with Gasteiger partial charge in [0.2, 0.25) is 0 Å². The molecule has 0 saturated carbocycles. The number of hydrogen-bond acceptors (Lipinski definition) is 3. The Balaban J connectivity index is 1.35. The van der Waals surface area contributed by atoms with Gasteiger partial charge in [-0.3, -0.25) is 14.7 Å². The van der Waals surface area contributed by atoms with Crippen molar-refractivity contribution in [3.63, 3.8) is 0 Å². The van der Waals surface area contributed by atoms with Crippen molar-refractivity contribution >= 4 is 22.5 Å². The minimum atomic E-state index is -0.771. The molecule has 1 N–H and O–H groups in total. The molecule has 0 radical (unpaired) electrons. The van der Waals surface area contributed by atoms with E-state index in [2.05, 4.69) is 15.2 Å². The van der Waals surface area contributed by atoms with Crippen LogP contribution in [0.1, 0.15) is 28.8 Å². The Hall–Kier alpha value is -3.71. The van der Waals surface area contributed by atoms with E-state index in [1.807, 2.05) is 6.07 Å². The molecule has 0 aliphatic carbocycles.